The molecule has 10 aromatic carbocycles. The van der Waals surface area contributed by atoms with E-state index in [1.54, 1.807) is 0 Å². The summed E-state index contributed by atoms with van der Waals surface area (Å²) < 4.78 is 0. The molecule has 0 radical (unpaired) electrons. The van der Waals surface area contributed by atoms with Crippen LogP contribution < -0.4 is 9.80 Å². The number of benzene rings is 10. The second-order valence-electron chi connectivity index (χ2n) is 16.6. The molecule has 0 atom stereocenters. The summed E-state index contributed by atoms with van der Waals surface area (Å²) in [7, 11) is 0. The van der Waals surface area contributed by atoms with Crippen molar-refractivity contribution in [3.8, 4) is 33.4 Å². The summed E-state index contributed by atoms with van der Waals surface area (Å²) in [5, 5.41) is 4.95. The van der Waals surface area contributed by atoms with Gasteiger partial charge in [-0.2, -0.15) is 0 Å². The van der Waals surface area contributed by atoms with Crippen LogP contribution in [0.2, 0.25) is 0 Å². The third-order valence-corrected chi connectivity index (χ3v) is 12.6. The zero-order chi connectivity index (χ0) is 40.9. The van der Waals surface area contributed by atoms with Gasteiger partial charge in [0.15, 0.2) is 0 Å². The van der Waals surface area contributed by atoms with Crippen LogP contribution in [0.3, 0.4) is 0 Å². The summed E-state index contributed by atoms with van der Waals surface area (Å²) in [5.41, 5.74) is 16.6. The summed E-state index contributed by atoms with van der Waals surface area (Å²) in [6.45, 7) is 4.75. The van der Waals surface area contributed by atoms with Gasteiger partial charge in [0.25, 0.3) is 0 Å². The molecule has 0 amide bonds. The topological polar surface area (TPSA) is 6.48 Å². The van der Waals surface area contributed by atoms with Gasteiger partial charge in [-0.25, -0.2) is 0 Å². The first-order valence-electron chi connectivity index (χ1n) is 21.2. The smallest absolute Gasteiger partial charge is 0.0618 e. The Morgan fingerprint density at radius 3 is 1.56 bits per heavy atom. The Morgan fingerprint density at radius 1 is 0.344 bits per heavy atom. The van der Waals surface area contributed by atoms with Gasteiger partial charge in [0, 0.05) is 33.4 Å². The third-order valence-electron chi connectivity index (χ3n) is 12.6. The average Bonchev–Trinajstić information content (AvgIpc) is 3.32. The van der Waals surface area contributed by atoms with E-state index in [2.05, 4.69) is 254 Å². The maximum atomic E-state index is 2.54. The van der Waals surface area contributed by atoms with Crippen molar-refractivity contribution in [1.82, 2.24) is 0 Å². The fraction of sp³-hybridized carbons (Fsp3) is 0.0508. The monoisotopic (exact) mass is 780 g/mol. The molecule has 2 nitrogen and oxygen atoms in total. The van der Waals surface area contributed by atoms with Gasteiger partial charge < -0.3 is 9.80 Å². The first kappa shape index (κ1) is 36.4. The number of fused-ring (bicyclic) bond motifs is 4. The minimum absolute atomic E-state index is 0.226. The van der Waals surface area contributed by atoms with E-state index < -0.39 is 0 Å². The second kappa shape index (κ2) is 14.9. The summed E-state index contributed by atoms with van der Waals surface area (Å²) in [4.78, 5) is 4.84. The van der Waals surface area contributed by atoms with Gasteiger partial charge in [-0.1, -0.05) is 184 Å². The molecule has 0 unspecified atom stereocenters. The van der Waals surface area contributed by atoms with Gasteiger partial charge in [0.2, 0.25) is 0 Å². The average molecular weight is 781 g/mol. The van der Waals surface area contributed by atoms with E-state index in [1.807, 2.05) is 0 Å². The summed E-state index contributed by atoms with van der Waals surface area (Å²) >= 11 is 0. The molecular formula is C59H44N2. The summed E-state index contributed by atoms with van der Waals surface area (Å²) in [6, 6.07) is 84.1. The van der Waals surface area contributed by atoms with Crippen LogP contribution in [0, 0.1) is 0 Å². The molecule has 0 N–H and O–H groups in total. The third kappa shape index (κ3) is 6.36. The largest absolute Gasteiger partial charge is 0.311 e. The molecule has 0 aliphatic carbocycles. The molecule has 1 heterocycles. The van der Waals surface area contributed by atoms with Crippen LogP contribution in [0.15, 0.2) is 231 Å². The van der Waals surface area contributed by atoms with Crippen LogP contribution in [-0.2, 0) is 5.41 Å². The Kier molecular flexibility index (Phi) is 8.86. The summed E-state index contributed by atoms with van der Waals surface area (Å²) in [6.07, 6.45) is 0. The minimum atomic E-state index is -0.226. The molecule has 0 spiro atoms. The van der Waals surface area contributed by atoms with Crippen molar-refractivity contribution in [1.29, 1.82) is 0 Å². The standard InChI is InChI=1S/C59H44N2/c1-59(2)54-23-13-14-24-56(54)61(57-38-34-48(40-55(57)59)47-30-27-41-15-9-10-17-46(41)39-47)58-52-22-12-11-16-44(52)33-37-53(58)45-28-25-42(26-29-45)43-31-35-51(36-32-43)60(49-18-5-3-6-19-49)50-20-7-4-8-21-50/h3-40H,1-2H3. The lowest BCUT2D eigenvalue weighted by atomic mass is 9.72. The molecule has 2 heteroatoms. The number of anilines is 6. The molecule has 0 saturated carbocycles. The highest BCUT2D eigenvalue weighted by Crippen LogP contribution is 2.55. The van der Waals surface area contributed by atoms with Crippen molar-refractivity contribution in [3.63, 3.8) is 0 Å². The van der Waals surface area contributed by atoms with Crippen LogP contribution in [0.5, 0.6) is 0 Å². The molecule has 1 aliphatic rings. The van der Waals surface area contributed by atoms with Crippen LogP contribution in [0.1, 0.15) is 25.0 Å². The Labute approximate surface area is 358 Å². The molecular weight excluding hydrogens is 737 g/mol. The minimum Gasteiger partial charge on any atom is -0.311 e. The molecule has 0 aromatic heterocycles. The van der Waals surface area contributed by atoms with Gasteiger partial charge in [0.1, 0.15) is 0 Å². The lowest BCUT2D eigenvalue weighted by Crippen LogP contribution is -2.31. The van der Waals surface area contributed by atoms with Crippen LogP contribution in [-0.4, -0.2) is 0 Å². The zero-order valence-electron chi connectivity index (χ0n) is 34.3. The Morgan fingerprint density at radius 2 is 0.836 bits per heavy atom. The van der Waals surface area contributed by atoms with E-state index in [0.29, 0.717) is 0 Å². The number of rotatable bonds is 7. The molecule has 0 fully saturated rings. The van der Waals surface area contributed by atoms with Crippen molar-refractivity contribution in [3.05, 3.63) is 242 Å². The Bertz CT molecular complexity index is 3160. The van der Waals surface area contributed by atoms with E-state index in [-0.39, 0.29) is 5.41 Å². The lowest BCUT2D eigenvalue weighted by Gasteiger charge is -2.43. The van der Waals surface area contributed by atoms with Crippen LogP contribution in [0.4, 0.5) is 34.1 Å². The van der Waals surface area contributed by atoms with Crippen LogP contribution >= 0.6 is 0 Å². The van der Waals surface area contributed by atoms with Gasteiger partial charge >= 0.3 is 0 Å². The highest BCUT2D eigenvalue weighted by Gasteiger charge is 2.38. The fourth-order valence-electron chi connectivity index (χ4n) is 9.47. The predicted molar refractivity (Wildman–Crippen MR) is 259 cm³/mol. The first-order chi connectivity index (χ1) is 30.0. The molecule has 11 rings (SSSR count). The van der Waals surface area contributed by atoms with Gasteiger partial charge in [-0.15, -0.1) is 0 Å². The quantitative estimate of drug-likeness (QED) is 0.159. The zero-order valence-corrected chi connectivity index (χ0v) is 34.3. The highest BCUT2D eigenvalue weighted by atomic mass is 15.2. The first-order valence-corrected chi connectivity index (χ1v) is 21.2. The van der Waals surface area contributed by atoms with Crippen LogP contribution in [0.25, 0.3) is 54.9 Å². The number of para-hydroxylation sites is 3. The van der Waals surface area contributed by atoms with E-state index in [9.17, 15) is 0 Å². The number of hydrogen-bond acceptors (Lipinski definition) is 2. The lowest BCUT2D eigenvalue weighted by molar-refractivity contribution is 0.632. The van der Waals surface area contributed by atoms with Crippen molar-refractivity contribution >= 4 is 55.7 Å². The molecule has 290 valence electrons. The van der Waals surface area contributed by atoms with E-state index in [0.717, 1.165) is 17.1 Å². The normalized spacial score (nSPS) is 12.9. The van der Waals surface area contributed by atoms with E-state index >= 15 is 0 Å². The van der Waals surface area contributed by atoms with Gasteiger partial charge in [-0.3, -0.25) is 0 Å². The van der Waals surface area contributed by atoms with Crippen molar-refractivity contribution < 1.29 is 0 Å². The molecule has 61 heavy (non-hydrogen) atoms. The van der Waals surface area contributed by atoms with E-state index in [4.69, 9.17) is 0 Å². The predicted octanol–water partition coefficient (Wildman–Crippen LogP) is 16.6. The maximum Gasteiger partial charge on any atom is 0.0618 e. The number of hydrogen-bond donors (Lipinski definition) is 0. The second-order valence-corrected chi connectivity index (χ2v) is 16.6. The molecule has 10 aromatic rings. The molecule has 0 bridgehead atoms. The van der Waals surface area contributed by atoms with Gasteiger partial charge in [0.05, 0.1) is 17.1 Å². The van der Waals surface area contributed by atoms with Crippen molar-refractivity contribution in [2.24, 2.45) is 0 Å². The molecule has 0 saturated heterocycles. The maximum absolute atomic E-state index is 2.54. The van der Waals surface area contributed by atoms with Crippen molar-refractivity contribution in [2.75, 3.05) is 9.80 Å². The van der Waals surface area contributed by atoms with E-state index in [1.165, 1.54) is 83.1 Å². The fourth-order valence-corrected chi connectivity index (χ4v) is 9.47. The summed E-state index contributed by atoms with van der Waals surface area (Å²) in [5.74, 6) is 0. The Hall–Kier alpha value is -7.68. The highest BCUT2D eigenvalue weighted by molar-refractivity contribution is 6.07. The number of nitrogens with zero attached hydrogens (tertiary/aromatic N) is 2. The Balaban J connectivity index is 1.01. The molecule has 1 aliphatic heterocycles. The van der Waals surface area contributed by atoms with Gasteiger partial charge in [-0.05, 0) is 116 Å². The SMILES string of the molecule is CC1(C)c2ccccc2N(c2c(-c3ccc(-c4ccc(N(c5ccccc5)c5ccccc5)cc4)cc3)ccc3ccccc23)c2ccc(-c3ccc4ccccc4c3)cc21. The van der Waals surface area contributed by atoms with Crippen molar-refractivity contribution in [2.45, 2.75) is 19.3 Å².